The molecule has 1 N–H and O–H groups in total. The van der Waals surface area contributed by atoms with Crippen LogP contribution in [0.5, 0.6) is 0 Å². The van der Waals surface area contributed by atoms with Gasteiger partial charge in [0.15, 0.2) is 5.69 Å². The zero-order valence-corrected chi connectivity index (χ0v) is 12.3. The number of likely N-dealkylation sites (N-methyl/N-ethyl adjacent to an activating group) is 2. The second-order valence-electron chi connectivity index (χ2n) is 5.04. The van der Waals surface area contributed by atoms with Crippen LogP contribution in [-0.2, 0) is 4.74 Å². The van der Waals surface area contributed by atoms with Crippen LogP contribution in [-0.4, -0.2) is 73.7 Å². The molecule has 2 heterocycles. The van der Waals surface area contributed by atoms with Crippen molar-refractivity contribution in [2.24, 2.45) is 0 Å². The van der Waals surface area contributed by atoms with Gasteiger partial charge in [-0.15, -0.1) is 0 Å². The fourth-order valence-corrected chi connectivity index (χ4v) is 2.18. The number of esters is 1. The van der Waals surface area contributed by atoms with Crippen LogP contribution < -0.4 is 5.32 Å². The summed E-state index contributed by atoms with van der Waals surface area (Å²) in [6.07, 6.45) is 1.32. The van der Waals surface area contributed by atoms with E-state index in [-0.39, 0.29) is 5.69 Å². The van der Waals surface area contributed by atoms with Crippen LogP contribution in [0.25, 0.3) is 0 Å². The molecule has 1 fully saturated rings. The molecule has 1 aliphatic heterocycles. The highest BCUT2D eigenvalue weighted by molar-refractivity contribution is 5.87. The molecule has 0 spiro atoms. The summed E-state index contributed by atoms with van der Waals surface area (Å²) in [6.45, 7) is 5.93. The van der Waals surface area contributed by atoms with Gasteiger partial charge in [-0.2, -0.15) is 4.98 Å². The van der Waals surface area contributed by atoms with Gasteiger partial charge in [0, 0.05) is 32.2 Å². The van der Waals surface area contributed by atoms with Crippen molar-refractivity contribution in [1.29, 1.82) is 0 Å². The lowest BCUT2D eigenvalue weighted by Crippen LogP contribution is -2.52. The summed E-state index contributed by atoms with van der Waals surface area (Å²) in [7, 11) is 4.23. The first-order valence-corrected chi connectivity index (χ1v) is 6.85. The largest absolute Gasteiger partial charge is 0.461 e. The van der Waals surface area contributed by atoms with E-state index in [9.17, 15) is 4.79 Å². The predicted octanol–water partition coefficient (Wildman–Crippen LogP) is 0.509. The van der Waals surface area contributed by atoms with Gasteiger partial charge in [-0.05, 0) is 21.0 Å². The van der Waals surface area contributed by atoms with Gasteiger partial charge in [0.05, 0.1) is 6.61 Å². The minimum absolute atomic E-state index is 0.198. The van der Waals surface area contributed by atoms with Gasteiger partial charge in [-0.1, -0.05) is 0 Å². The smallest absolute Gasteiger partial charge is 0.360 e. The van der Waals surface area contributed by atoms with E-state index in [2.05, 4.69) is 34.2 Å². The van der Waals surface area contributed by atoms with E-state index in [0.29, 0.717) is 18.7 Å². The molecule has 0 aliphatic carbocycles. The Bertz CT molecular complexity index is 449. The summed E-state index contributed by atoms with van der Waals surface area (Å²) < 4.78 is 10.1. The standard InChI is InChI=1S/C13H22N4O3/c1-4-19-12(18)11-9-20-13(15-11)14-7-10-8-16(2)5-6-17(10)3/h9-10H,4-8H2,1-3H3,(H,14,15). The molecule has 2 rings (SSSR count). The molecule has 1 aromatic heterocycles. The van der Waals surface area contributed by atoms with Crippen LogP contribution in [0.2, 0.25) is 0 Å². The molecule has 7 nitrogen and oxygen atoms in total. The maximum absolute atomic E-state index is 11.5. The lowest BCUT2D eigenvalue weighted by atomic mass is 10.2. The molecule has 0 aromatic carbocycles. The molecule has 1 aliphatic rings. The molecule has 0 saturated carbocycles. The fourth-order valence-electron chi connectivity index (χ4n) is 2.18. The van der Waals surface area contributed by atoms with Crippen molar-refractivity contribution in [2.45, 2.75) is 13.0 Å². The van der Waals surface area contributed by atoms with Gasteiger partial charge in [0.1, 0.15) is 6.26 Å². The molecular formula is C13H22N4O3. The van der Waals surface area contributed by atoms with E-state index in [1.165, 1.54) is 6.26 Å². The van der Waals surface area contributed by atoms with Crippen LogP contribution >= 0.6 is 0 Å². The van der Waals surface area contributed by atoms with Crippen LogP contribution in [0.1, 0.15) is 17.4 Å². The number of piperazine rings is 1. The Morgan fingerprint density at radius 3 is 3.10 bits per heavy atom. The number of carbonyl (C=O) groups is 1. The SMILES string of the molecule is CCOC(=O)c1coc(NCC2CN(C)CCN2C)n1. The van der Waals surface area contributed by atoms with Crippen molar-refractivity contribution in [3.63, 3.8) is 0 Å². The number of ether oxygens (including phenoxy) is 1. The normalized spacial score (nSPS) is 20.9. The summed E-state index contributed by atoms with van der Waals surface area (Å²) >= 11 is 0. The molecule has 0 amide bonds. The quantitative estimate of drug-likeness (QED) is 0.789. The van der Waals surface area contributed by atoms with Crippen molar-refractivity contribution < 1.29 is 13.9 Å². The van der Waals surface area contributed by atoms with Gasteiger partial charge in [-0.25, -0.2) is 4.79 Å². The Hall–Kier alpha value is -1.60. The number of rotatable bonds is 5. The summed E-state index contributed by atoms with van der Waals surface area (Å²) in [5.74, 6) is -0.459. The van der Waals surface area contributed by atoms with Crippen molar-refractivity contribution in [3.8, 4) is 0 Å². The highest BCUT2D eigenvalue weighted by Crippen LogP contribution is 2.11. The van der Waals surface area contributed by atoms with Crippen LogP contribution in [0.3, 0.4) is 0 Å². The zero-order valence-electron chi connectivity index (χ0n) is 12.3. The van der Waals surface area contributed by atoms with Gasteiger partial charge < -0.3 is 19.4 Å². The van der Waals surface area contributed by atoms with E-state index in [1.54, 1.807) is 6.92 Å². The molecule has 1 saturated heterocycles. The van der Waals surface area contributed by atoms with E-state index in [0.717, 1.165) is 26.2 Å². The molecule has 0 radical (unpaired) electrons. The molecule has 7 heteroatoms. The first-order chi connectivity index (χ1) is 9.60. The number of hydrogen-bond acceptors (Lipinski definition) is 7. The molecule has 112 valence electrons. The average Bonchev–Trinajstić information content (AvgIpc) is 2.89. The van der Waals surface area contributed by atoms with Crippen LogP contribution in [0.15, 0.2) is 10.7 Å². The number of nitrogens with one attached hydrogen (secondary N) is 1. The van der Waals surface area contributed by atoms with Gasteiger partial charge in [-0.3, -0.25) is 4.90 Å². The summed E-state index contributed by atoms with van der Waals surface area (Å²) in [4.78, 5) is 20.1. The third-order valence-corrected chi connectivity index (χ3v) is 3.46. The summed E-state index contributed by atoms with van der Waals surface area (Å²) in [6, 6.07) is 0.751. The van der Waals surface area contributed by atoms with Crippen molar-refractivity contribution in [3.05, 3.63) is 12.0 Å². The summed E-state index contributed by atoms with van der Waals surface area (Å²) in [5.41, 5.74) is 0.198. The second-order valence-corrected chi connectivity index (χ2v) is 5.04. The van der Waals surface area contributed by atoms with Gasteiger partial charge >= 0.3 is 5.97 Å². The maximum atomic E-state index is 11.5. The van der Waals surface area contributed by atoms with Crippen molar-refractivity contribution >= 4 is 12.0 Å². The first-order valence-electron chi connectivity index (χ1n) is 6.85. The third-order valence-electron chi connectivity index (χ3n) is 3.46. The topological polar surface area (TPSA) is 70.8 Å². The zero-order chi connectivity index (χ0) is 14.5. The lowest BCUT2D eigenvalue weighted by Gasteiger charge is -2.37. The minimum Gasteiger partial charge on any atom is -0.461 e. The Kier molecular flexibility index (Phi) is 4.97. The average molecular weight is 282 g/mol. The number of anilines is 1. The molecular weight excluding hydrogens is 260 g/mol. The number of nitrogens with zero attached hydrogens (tertiary/aromatic N) is 3. The third kappa shape index (κ3) is 3.71. The van der Waals surface area contributed by atoms with E-state index < -0.39 is 5.97 Å². The van der Waals surface area contributed by atoms with Crippen LogP contribution in [0.4, 0.5) is 6.01 Å². The van der Waals surface area contributed by atoms with E-state index in [1.807, 2.05) is 0 Å². The Morgan fingerprint density at radius 2 is 2.35 bits per heavy atom. The van der Waals surface area contributed by atoms with Gasteiger partial charge in [0.25, 0.3) is 6.01 Å². The minimum atomic E-state index is -0.459. The molecule has 1 atom stereocenters. The Labute approximate surface area is 118 Å². The van der Waals surface area contributed by atoms with E-state index >= 15 is 0 Å². The number of carbonyl (C=O) groups excluding carboxylic acids is 1. The Balaban J connectivity index is 1.86. The molecule has 1 unspecified atom stereocenters. The lowest BCUT2D eigenvalue weighted by molar-refractivity contribution is 0.0519. The monoisotopic (exact) mass is 282 g/mol. The number of hydrogen-bond donors (Lipinski definition) is 1. The maximum Gasteiger partial charge on any atom is 0.360 e. The fraction of sp³-hybridized carbons (Fsp3) is 0.692. The highest BCUT2D eigenvalue weighted by atomic mass is 16.5. The van der Waals surface area contributed by atoms with Crippen molar-refractivity contribution in [1.82, 2.24) is 14.8 Å². The molecule has 0 bridgehead atoms. The van der Waals surface area contributed by atoms with Crippen molar-refractivity contribution in [2.75, 3.05) is 52.2 Å². The highest BCUT2D eigenvalue weighted by Gasteiger charge is 2.22. The van der Waals surface area contributed by atoms with E-state index in [4.69, 9.17) is 9.15 Å². The number of oxazole rings is 1. The Morgan fingerprint density at radius 1 is 1.55 bits per heavy atom. The predicted molar refractivity (Wildman–Crippen MR) is 74.9 cm³/mol. The molecule has 20 heavy (non-hydrogen) atoms. The van der Waals surface area contributed by atoms with Gasteiger partial charge in [0.2, 0.25) is 0 Å². The second kappa shape index (κ2) is 6.71. The summed E-state index contributed by atoms with van der Waals surface area (Å²) in [5, 5.41) is 3.13. The molecule has 1 aromatic rings. The number of aromatic nitrogens is 1. The first kappa shape index (κ1) is 14.8. The van der Waals surface area contributed by atoms with Crippen LogP contribution in [0, 0.1) is 0 Å².